The zero-order valence-corrected chi connectivity index (χ0v) is 9.96. The van der Waals surface area contributed by atoms with Crippen LogP contribution < -0.4 is 0 Å². The van der Waals surface area contributed by atoms with Gasteiger partial charge in [-0.25, -0.2) is 0 Å². The lowest BCUT2D eigenvalue weighted by molar-refractivity contribution is 0.370. The molecule has 0 saturated heterocycles. The monoisotopic (exact) mass is 232 g/mol. The Morgan fingerprint density at radius 3 is 2.81 bits per heavy atom. The molecule has 16 heavy (non-hydrogen) atoms. The lowest BCUT2D eigenvalue weighted by Crippen LogP contribution is -2.23. The van der Waals surface area contributed by atoms with Crippen molar-refractivity contribution in [2.24, 2.45) is 0 Å². The van der Waals surface area contributed by atoms with Crippen LogP contribution >= 0.6 is 11.6 Å². The number of nitriles is 1. The van der Waals surface area contributed by atoms with Gasteiger partial charge in [0, 0.05) is 18.1 Å². The molecule has 3 heteroatoms. The summed E-state index contributed by atoms with van der Waals surface area (Å²) in [7, 11) is 2.10. The van der Waals surface area contributed by atoms with Crippen molar-refractivity contribution >= 4 is 17.2 Å². The second-order valence-corrected chi connectivity index (χ2v) is 4.52. The minimum Gasteiger partial charge on any atom is -0.302 e. The first-order valence-electron chi connectivity index (χ1n) is 5.27. The molecule has 2 nitrogen and oxygen atoms in total. The Kier molecular flexibility index (Phi) is 3.28. The average molecular weight is 233 g/mol. The van der Waals surface area contributed by atoms with E-state index >= 15 is 0 Å². The molecule has 1 heterocycles. The molecule has 1 aromatic carbocycles. The van der Waals surface area contributed by atoms with E-state index in [0.29, 0.717) is 10.6 Å². The van der Waals surface area contributed by atoms with Crippen molar-refractivity contribution in [2.75, 3.05) is 20.1 Å². The van der Waals surface area contributed by atoms with Crippen LogP contribution in [0.2, 0.25) is 5.02 Å². The Labute approximate surface area is 101 Å². The van der Waals surface area contributed by atoms with Gasteiger partial charge >= 0.3 is 0 Å². The fraction of sp³-hybridized carbons (Fsp3) is 0.308. The van der Waals surface area contributed by atoms with Crippen molar-refractivity contribution in [2.45, 2.75) is 6.42 Å². The maximum Gasteiger partial charge on any atom is 0.0992 e. The van der Waals surface area contributed by atoms with Gasteiger partial charge in [-0.15, -0.1) is 0 Å². The third-order valence-corrected chi connectivity index (χ3v) is 3.03. The Morgan fingerprint density at radius 1 is 1.38 bits per heavy atom. The highest BCUT2D eigenvalue weighted by Crippen LogP contribution is 2.25. The number of halogens is 1. The first-order valence-corrected chi connectivity index (χ1v) is 5.65. The third kappa shape index (κ3) is 2.44. The first-order chi connectivity index (χ1) is 7.69. The second-order valence-electron chi connectivity index (χ2n) is 4.08. The molecule has 82 valence electrons. The molecule has 0 spiro atoms. The molecule has 0 atom stereocenters. The highest BCUT2D eigenvalue weighted by atomic mass is 35.5. The predicted octanol–water partition coefficient (Wildman–Crippen LogP) is 2.93. The van der Waals surface area contributed by atoms with Crippen molar-refractivity contribution in [3.63, 3.8) is 0 Å². The predicted molar refractivity (Wildman–Crippen MR) is 66.3 cm³/mol. The molecule has 0 saturated carbocycles. The molecule has 0 radical (unpaired) electrons. The summed E-state index contributed by atoms with van der Waals surface area (Å²) in [4.78, 5) is 2.26. The Morgan fingerprint density at radius 2 is 2.19 bits per heavy atom. The fourth-order valence-corrected chi connectivity index (χ4v) is 2.11. The summed E-state index contributed by atoms with van der Waals surface area (Å²) in [6.07, 6.45) is 3.22. The van der Waals surface area contributed by atoms with Gasteiger partial charge in [-0.05, 0) is 42.8 Å². The summed E-state index contributed by atoms with van der Waals surface area (Å²) >= 11 is 5.99. The summed E-state index contributed by atoms with van der Waals surface area (Å²) in [5, 5.41) is 9.52. The van der Waals surface area contributed by atoms with Crippen LogP contribution in [0.3, 0.4) is 0 Å². The van der Waals surface area contributed by atoms with Crippen LogP contribution in [-0.2, 0) is 0 Å². The molecule has 0 bridgehead atoms. The summed E-state index contributed by atoms with van der Waals surface area (Å²) in [5.41, 5.74) is 3.00. The molecule has 0 N–H and O–H groups in total. The zero-order chi connectivity index (χ0) is 11.5. The Hall–Kier alpha value is -1.30. The molecule has 0 amide bonds. The van der Waals surface area contributed by atoms with Gasteiger partial charge in [0.05, 0.1) is 11.6 Å². The number of hydrogen-bond acceptors (Lipinski definition) is 2. The highest BCUT2D eigenvalue weighted by molar-refractivity contribution is 6.30. The zero-order valence-electron chi connectivity index (χ0n) is 9.20. The lowest BCUT2D eigenvalue weighted by Gasteiger charge is -2.22. The van der Waals surface area contributed by atoms with Crippen LogP contribution in [0.4, 0.5) is 0 Å². The highest BCUT2D eigenvalue weighted by Gasteiger charge is 2.10. The van der Waals surface area contributed by atoms with E-state index in [1.807, 2.05) is 12.1 Å². The van der Waals surface area contributed by atoms with Gasteiger partial charge < -0.3 is 4.90 Å². The molecule has 0 unspecified atom stereocenters. The fourth-order valence-electron chi connectivity index (χ4n) is 1.87. The van der Waals surface area contributed by atoms with E-state index < -0.39 is 0 Å². The topological polar surface area (TPSA) is 27.0 Å². The SMILES string of the molecule is CN1CC=C(c2cc(Cl)cc(C#N)c2)CC1. The first kappa shape index (κ1) is 11.2. The van der Waals surface area contributed by atoms with E-state index in [2.05, 4.69) is 24.1 Å². The van der Waals surface area contributed by atoms with Crippen molar-refractivity contribution < 1.29 is 0 Å². The normalized spacial score (nSPS) is 16.7. The van der Waals surface area contributed by atoms with Crippen molar-refractivity contribution in [1.29, 1.82) is 5.26 Å². The van der Waals surface area contributed by atoms with Crippen molar-refractivity contribution in [3.05, 3.63) is 40.4 Å². The lowest BCUT2D eigenvalue weighted by atomic mass is 9.98. The van der Waals surface area contributed by atoms with Crippen molar-refractivity contribution in [3.8, 4) is 6.07 Å². The van der Waals surface area contributed by atoms with E-state index in [0.717, 1.165) is 25.1 Å². The molecule has 0 aromatic heterocycles. The number of likely N-dealkylation sites (N-methyl/N-ethyl adjacent to an activating group) is 1. The standard InChI is InChI=1S/C13H13ClN2/c1-16-4-2-11(3-5-16)12-6-10(9-15)7-13(14)8-12/h2,6-8H,3-5H2,1H3. The number of nitrogens with zero attached hydrogens (tertiary/aromatic N) is 2. The number of benzene rings is 1. The van der Waals surface area contributed by atoms with Gasteiger partial charge in [-0.3, -0.25) is 0 Å². The number of rotatable bonds is 1. The van der Waals surface area contributed by atoms with Crippen molar-refractivity contribution in [1.82, 2.24) is 4.90 Å². The molecular formula is C13H13ClN2. The molecule has 2 rings (SSSR count). The molecule has 0 aliphatic carbocycles. The molecule has 1 aromatic rings. The van der Waals surface area contributed by atoms with Crippen LogP contribution in [0.25, 0.3) is 5.57 Å². The minimum atomic E-state index is 0.627. The summed E-state index contributed by atoms with van der Waals surface area (Å²) in [6.45, 7) is 2.02. The van der Waals surface area contributed by atoms with Crippen LogP contribution in [0.5, 0.6) is 0 Å². The van der Waals surface area contributed by atoms with Gasteiger partial charge in [-0.2, -0.15) is 5.26 Å². The van der Waals surface area contributed by atoms with Gasteiger partial charge in [0.1, 0.15) is 0 Å². The second kappa shape index (κ2) is 4.69. The third-order valence-electron chi connectivity index (χ3n) is 2.81. The van der Waals surface area contributed by atoms with E-state index in [1.54, 1.807) is 6.07 Å². The van der Waals surface area contributed by atoms with Crippen LogP contribution in [0.15, 0.2) is 24.3 Å². The number of hydrogen-bond donors (Lipinski definition) is 0. The summed E-state index contributed by atoms with van der Waals surface area (Å²) in [6, 6.07) is 7.66. The molecular weight excluding hydrogens is 220 g/mol. The van der Waals surface area contributed by atoms with Crippen LogP contribution in [0, 0.1) is 11.3 Å². The van der Waals surface area contributed by atoms with E-state index in [4.69, 9.17) is 16.9 Å². The van der Waals surface area contributed by atoms with Gasteiger partial charge in [0.25, 0.3) is 0 Å². The van der Waals surface area contributed by atoms with Gasteiger partial charge in [-0.1, -0.05) is 17.7 Å². The molecule has 1 aliphatic rings. The molecule has 1 aliphatic heterocycles. The molecule has 0 fully saturated rings. The Balaban J connectivity index is 2.34. The quantitative estimate of drug-likeness (QED) is 0.745. The van der Waals surface area contributed by atoms with Crippen LogP contribution in [0.1, 0.15) is 17.5 Å². The smallest absolute Gasteiger partial charge is 0.0992 e. The summed E-state index contributed by atoms with van der Waals surface area (Å²) < 4.78 is 0. The summed E-state index contributed by atoms with van der Waals surface area (Å²) in [5.74, 6) is 0. The van der Waals surface area contributed by atoms with Gasteiger partial charge in [0.15, 0.2) is 0 Å². The minimum absolute atomic E-state index is 0.627. The maximum absolute atomic E-state index is 8.89. The van der Waals surface area contributed by atoms with E-state index in [-0.39, 0.29) is 0 Å². The van der Waals surface area contributed by atoms with E-state index in [9.17, 15) is 0 Å². The van der Waals surface area contributed by atoms with Gasteiger partial charge in [0.2, 0.25) is 0 Å². The Bertz CT molecular complexity index is 471. The van der Waals surface area contributed by atoms with E-state index in [1.165, 1.54) is 5.57 Å². The largest absolute Gasteiger partial charge is 0.302 e. The maximum atomic E-state index is 8.89. The van der Waals surface area contributed by atoms with Crippen LogP contribution in [-0.4, -0.2) is 25.0 Å². The average Bonchev–Trinajstić information content (AvgIpc) is 2.29.